The topological polar surface area (TPSA) is 41.6 Å². The van der Waals surface area contributed by atoms with Gasteiger partial charge in [0.2, 0.25) is 0 Å². The van der Waals surface area contributed by atoms with E-state index in [4.69, 9.17) is 5.73 Å². The molecule has 2 bridgehead atoms. The summed E-state index contributed by atoms with van der Waals surface area (Å²) in [6, 6.07) is 0.998. The molecule has 3 fully saturated rings. The van der Waals surface area contributed by atoms with Crippen molar-refractivity contribution in [3.63, 3.8) is 0 Å². The smallest absolute Gasteiger partial charge is 0.191 e. The van der Waals surface area contributed by atoms with Gasteiger partial charge in [-0.05, 0) is 45.4 Å². The molecule has 0 aromatic rings. The molecular weight excluding hydrogens is 174 g/mol. The Hall–Kier alpha value is -0.730. The first-order valence-electron chi connectivity index (χ1n) is 5.76. The number of nitrogens with two attached hydrogens (primary N) is 1. The summed E-state index contributed by atoms with van der Waals surface area (Å²) >= 11 is 0. The molecule has 2 aliphatic heterocycles. The molecule has 2 saturated heterocycles. The maximum absolute atomic E-state index is 6.01. The summed E-state index contributed by atoms with van der Waals surface area (Å²) in [5.74, 6) is 1.65. The van der Waals surface area contributed by atoms with E-state index in [9.17, 15) is 0 Å². The lowest BCUT2D eigenvalue weighted by Gasteiger charge is -2.46. The van der Waals surface area contributed by atoms with Crippen LogP contribution >= 0.6 is 0 Å². The van der Waals surface area contributed by atoms with Gasteiger partial charge in [0, 0.05) is 18.6 Å². The largest absolute Gasteiger partial charge is 0.370 e. The Bertz CT molecular complexity index is 227. The number of guanidine groups is 1. The second-order valence-electron chi connectivity index (χ2n) is 4.91. The van der Waals surface area contributed by atoms with Gasteiger partial charge in [0.25, 0.3) is 0 Å². The summed E-state index contributed by atoms with van der Waals surface area (Å²) < 4.78 is 0. The summed E-state index contributed by atoms with van der Waals surface area (Å²) in [6.07, 6.45) is 5.43. The van der Waals surface area contributed by atoms with Crippen molar-refractivity contribution < 1.29 is 0 Å². The summed E-state index contributed by atoms with van der Waals surface area (Å²) in [5, 5.41) is 0. The van der Waals surface area contributed by atoms with Crippen LogP contribution in [0.1, 0.15) is 39.5 Å². The summed E-state index contributed by atoms with van der Waals surface area (Å²) in [7, 11) is 0. The third kappa shape index (κ3) is 1.86. The first-order valence-corrected chi connectivity index (χ1v) is 5.76. The third-order valence-corrected chi connectivity index (χ3v) is 3.40. The van der Waals surface area contributed by atoms with Gasteiger partial charge in [0.1, 0.15) is 0 Å². The van der Waals surface area contributed by atoms with Gasteiger partial charge in [-0.1, -0.05) is 0 Å². The average Bonchev–Trinajstić information content (AvgIpc) is 2.18. The molecule has 0 aromatic carbocycles. The molecule has 0 radical (unpaired) electrons. The van der Waals surface area contributed by atoms with Crippen molar-refractivity contribution in [2.24, 2.45) is 16.6 Å². The van der Waals surface area contributed by atoms with E-state index in [-0.39, 0.29) is 0 Å². The molecule has 1 aliphatic carbocycles. The Kier molecular flexibility index (Phi) is 2.66. The Morgan fingerprint density at radius 3 is 2.36 bits per heavy atom. The normalized spacial score (nSPS) is 32.8. The van der Waals surface area contributed by atoms with E-state index >= 15 is 0 Å². The Labute approximate surface area is 86.4 Å². The molecule has 3 aliphatic rings. The van der Waals surface area contributed by atoms with Crippen molar-refractivity contribution in [3.05, 3.63) is 0 Å². The van der Waals surface area contributed by atoms with E-state index in [1.165, 1.54) is 25.7 Å². The van der Waals surface area contributed by atoms with Crippen molar-refractivity contribution in [2.45, 2.75) is 51.6 Å². The molecule has 0 unspecified atom stereocenters. The minimum atomic E-state index is 0.315. The number of aliphatic imine (C=N–C) groups is 1. The average molecular weight is 195 g/mol. The minimum Gasteiger partial charge on any atom is -0.370 e. The van der Waals surface area contributed by atoms with Crippen LogP contribution in [-0.4, -0.2) is 29.5 Å². The van der Waals surface area contributed by atoms with Crippen LogP contribution in [0.25, 0.3) is 0 Å². The minimum absolute atomic E-state index is 0.315. The van der Waals surface area contributed by atoms with Crippen molar-refractivity contribution >= 4 is 5.96 Å². The fourth-order valence-corrected chi connectivity index (χ4v) is 2.69. The molecule has 3 rings (SSSR count). The van der Waals surface area contributed by atoms with E-state index < -0.39 is 0 Å². The number of nitrogens with zero attached hydrogens (tertiary/aromatic N) is 2. The highest BCUT2D eigenvalue weighted by Crippen LogP contribution is 2.34. The van der Waals surface area contributed by atoms with Crippen LogP contribution in [0.3, 0.4) is 0 Å². The van der Waals surface area contributed by atoms with Gasteiger partial charge < -0.3 is 10.6 Å². The van der Waals surface area contributed by atoms with Crippen LogP contribution < -0.4 is 5.73 Å². The molecule has 0 amide bonds. The lowest BCUT2D eigenvalue weighted by Crippen LogP contribution is -2.53. The van der Waals surface area contributed by atoms with Crippen LogP contribution in [-0.2, 0) is 0 Å². The summed E-state index contributed by atoms with van der Waals surface area (Å²) in [6.45, 7) is 5.30. The molecule has 2 heterocycles. The second-order valence-corrected chi connectivity index (χ2v) is 4.91. The second kappa shape index (κ2) is 3.79. The monoisotopic (exact) mass is 195 g/mol. The van der Waals surface area contributed by atoms with Gasteiger partial charge in [0.15, 0.2) is 5.96 Å². The van der Waals surface area contributed by atoms with Crippen LogP contribution in [0.4, 0.5) is 0 Å². The quantitative estimate of drug-likeness (QED) is 0.510. The van der Waals surface area contributed by atoms with Gasteiger partial charge in [0.05, 0.1) is 0 Å². The number of hydrogen-bond donors (Lipinski definition) is 1. The zero-order valence-electron chi connectivity index (χ0n) is 9.24. The fourth-order valence-electron chi connectivity index (χ4n) is 2.69. The molecule has 3 nitrogen and oxygen atoms in total. The molecule has 0 aromatic heterocycles. The van der Waals surface area contributed by atoms with Crippen molar-refractivity contribution in [1.29, 1.82) is 0 Å². The first-order chi connectivity index (χ1) is 6.66. The van der Waals surface area contributed by atoms with Gasteiger partial charge >= 0.3 is 0 Å². The van der Waals surface area contributed by atoms with Crippen molar-refractivity contribution in [2.75, 3.05) is 6.54 Å². The standard InChI is InChI=1S/C11H21N3/c1-8(2)13-11(12)14-7-9-3-5-10(14)6-4-9/h8-10H,3-7H2,1-2H3,(H2,12,13). The van der Waals surface area contributed by atoms with Crippen LogP contribution in [0.5, 0.6) is 0 Å². The maximum atomic E-state index is 6.01. The molecule has 80 valence electrons. The van der Waals surface area contributed by atoms with E-state index in [0.717, 1.165) is 18.4 Å². The zero-order valence-corrected chi connectivity index (χ0v) is 9.24. The first kappa shape index (κ1) is 9.81. The van der Waals surface area contributed by atoms with E-state index in [0.29, 0.717) is 12.1 Å². The molecule has 0 spiro atoms. The highest BCUT2D eigenvalue weighted by Gasteiger charge is 2.34. The third-order valence-electron chi connectivity index (χ3n) is 3.40. The molecule has 2 N–H and O–H groups in total. The molecule has 1 saturated carbocycles. The number of piperidine rings is 2. The predicted octanol–water partition coefficient (Wildman–Crippen LogP) is 1.58. The van der Waals surface area contributed by atoms with Crippen LogP contribution in [0.2, 0.25) is 0 Å². The highest BCUT2D eigenvalue weighted by atomic mass is 15.3. The maximum Gasteiger partial charge on any atom is 0.191 e. The van der Waals surface area contributed by atoms with Crippen molar-refractivity contribution in [1.82, 2.24) is 4.90 Å². The summed E-state index contributed by atoms with van der Waals surface area (Å²) in [5.41, 5.74) is 6.01. The molecule has 14 heavy (non-hydrogen) atoms. The highest BCUT2D eigenvalue weighted by molar-refractivity contribution is 5.78. The van der Waals surface area contributed by atoms with Gasteiger partial charge in [-0.3, -0.25) is 4.99 Å². The van der Waals surface area contributed by atoms with E-state index in [2.05, 4.69) is 23.7 Å². The summed E-state index contributed by atoms with van der Waals surface area (Å²) in [4.78, 5) is 6.77. The predicted molar refractivity (Wildman–Crippen MR) is 59.2 cm³/mol. The number of hydrogen-bond acceptors (Lipinski definition) is 1. The zero-order chi connectivity index (χ0) is 10.1. The number of rotatable bonds is 1. The van der Waals surface area contributed by atoms with E-state index in [1.807, 2.05) is 0 Å². The lowest BCUT2D eigenvalue weighted by atomic mass is 9.80. The van der Waals surface area contributed by atoms with Crippen LogP contribution in [0, 0.1) is 5.92 Å². The van der Waals surface area contributed by atoms with Gasteiger partial charge in [-0.15, -0.1) is 0 Å². The molecule has 3 heteroatoms. The molecular formula is C11H21N3. The van der Waals surface area contributed by atoms with Crippen molar-refractivity contribution in [3.8, 4) is 0 Å². The van der Waals surface area contributed by atoms with Gasteiger partial charge in [-0.2, -0.15) is 0 Å². The fraction of sp³-hybridized carbons (Fsp3) is 0.909. The van der Waals surface area contributed by atoms with Crippen LogP contribution in [0.15, 0.2) is 4.99 Å². The van der Waals surface area contributed by atoms with Gasteiger partial charge in [-0.25, -0.2) is 0 Å². The SMILES string of the molecule is CC(C)N=C(N)N1CC2CCC1CC2. The Morgan fingerprint density at radius 2 is 1.93 bits per heavy atom. The number of fused-ring (bicyclic) bond motifs is 3. The Morgan fingerprint density at radius 1 is 1.29 bits per heavy atom. The molecule has 0 atom stereocenters. The lowest BCUT2D eigenvalue weighted by molar-refractivity contribution is 0.108. The Balaban J connectivity index is 2.04. The van der Waals surface area contributed by atoms with E-state index in [1.54, 1.807) is 0 Å².